The monoisotopic (exact) mass is 287 g/mol. The van der Waals surface area contributed by atoms with Crippen molar-refractivity contribution in [2.24, 2.45) is 5.92 Å². The van der Waals surface area contributed by atoms with Crippen molar-refractivity contribution in [1.82, 2.24) is 5.32 Å². The molecule has 2 nitrogen and oxygen atoms in total. The lowest BCUT2D eigenvalue weighted by molar-refractivity contribution is 0.339. The van der Waals surface area contributed by atoms with Gasteiger partial charge in [-0.1, -0.05) is 31.5 Å². The summed E-state index contributed by atoms with van der Waals surface area (Å²) < 4.78 is 5.77. The fourth-order valence-corrected chi connectivity index (χ4v) is 2.05. The molecule has 0 spiro atoms. The van der Waals surface area contributed by atoms with E-state index in [1.807, 2.05) is 18.2 Å². The van der Waals surface area contributed by atoms with Crippen molar-refractivity contribution in [3.8, 4) is 5.75 Å². The number of ether oxygens (including phenoxy) is 1. The molecule has 102 valence electrons. The molecule has 18 heavy (non-hydrogen) atoms. The predicted octanol–water partition coefficient (Wildman–Crippen LogP) is 3.83. The summed E-state index contributed by atoms with van der Waals surface area (Å²) in [5.41, 5.74) is 1.06. The summed E-state index contributed by atoms with van der Waals surface area (Å²) in [7, 11) is 0. The Hall–Kier alpha value is -0.380. The highest BCUT2D eigenvalue weighted by Gasteiger charge is 2.08. The Morgan fingerprint density at radius 3 is 2.83 bits per heavy atom. The lowest BCUT2D eigenvalue weighted by atomic mass is 10.1. The van der Waals surface area contributed by atoms with Gasteiger partial charge in [-0.3, -0.25) is 0 Å². The Kier molecular flexibility index (Phi) is 7.56. The quantitative estimate of drug-likeness (QED) is 0.734. The van der Waals surface area contributed by atoms with Crippen molar-refractivity contribution >= 4 is 23.4 Å². The smallest absolute Gasteiger partial charge is 0.125 e. The number of nitrogens with one attached hydrogen (secondary N) is 1. The van der Waals surface area contributed by atoms with Crippen LogP contribution in [0.1, 0.15) is 19.4 Å². The normalized spacial score (nSPS) is 10.9. The second kappa shape index (κ2) is 8.68. The van der Waals surface area contributed by atoms with E-state index in [2.05, 4.69) is 25.4 Å². The molecule has 0 unspecified atom stereocenters. The number of benzene rings is 1. The van der Waals surface area contributed by atoms with E-state index in [-0.39, 0.29) is 0 Å². The van der Waals surface area contributed by atoms with Crippen LogP contribution in [0, 0.1) is 5.92 Å². The molecule has 4 heteroatoms. The highest BCUT2D eigenvalue weighted by molar-refractivity contribution is 7.98. The van der Waals surface area contributed by atoms with E-state index in [9.17, 15) is 0 Å². The Bertz CT molecular complexity index is 358. The number of hydrogen-bond donors (Lipinski definition) is 1. The summed E-state index contributed by atoms with van der Waals surface area (Å²) >= 11 is 8.01. The van der Waals surface area contributed by atoms with Crippen molar-refractivity contribution in [2.75, 3.05) is 25.2 Å². The maximum Gasteiger partial charge on any atom is 0.125 e. The van der Waals surface area contributed by atoms with E-state index in [0.717, 1.165) is 41.8 Å². The molecule has 0 aliphatic rings. The van der Waals surface area contributed by atoms with Crippen molar-refractivity contribution in [1.29, 1.82) is 0 Å². The molecule has 0 heterocycles. The zero-order valence-corrected chi connectivity index (χ0v) is 12.9. The zero-order chi connectivity index (χ0) is 13.4. The van der Waals surface area contributed by atoms with Crippen LogP contribution in [0.3, 0.4) is 0 Å². The van der Waals surface area contributed by atoms with Crippen LogP contribution < -0.4 is 10.1 Å². The first-order valence-electron chi connectivity index (χ1n) is 6.25. The molecule has 0 amide bonds. The predicted molar refractivity (Wildman–Crippen MR) is 81.9 cm³/mol. The van der Waals surface area contributed by atoms with Crippen LogP contribution in [0.15, 0.2) is 18.2 Å². The largest absolute Gasteiger partial charge is 0.492 e. The third kappa shape index (κ3) is 5.51. The molecule has 1 aromatic carbocycles. The van der Waals surface area contributed by atoms with Gasteiger partial charge in [-0.25, -0.2) is 0 Å². The average Bonchev–Trinajstić information content (AvgIpc) is 2.32. The minimum atomic E-state index is 0.633. The molecular formula is C14H22ClNOS. The SMILES string of the molecule is CSCCOc1cccc(Cl)c1CNCC(C)C. The maximum atomic E-state index is 6.23. The third-order valence-corrected chi connectivity index (χ3v) is 3.40. The second-order valence-electron chi connectivity index (χ2n) is 4.58. The van der Waals surface area contributed by atoms with Crippen LogP contribution in [-0.2, 0) is 6.54 Å². The van der Waals surface area contributed by atoms with Gasteiger partial charge >= 0.3 is 0 Å². The van der Waals surface area contributed by atoms with Crippen molar-refractivity contribution in [3.63, 3.8) is 0 Å². The minimum Gasteiger partial charge on any atom is -0.492 e. The lowest BCUT2D eigenvalue weighted by Crippen LogP contribution is -2.19. The van der Waals surface area contributed by atoms with Gasteiger partial charge in [0.25, 0.3) is 0 Å². The molecule has 0 bridgehead atoms. The van der Waals surface area contributed by atoms with Gasteiger partial charge in [0.1, 0.15) is 5.75 Å². The number of halogens is 1. The molecule has 0 saturated carbocycles. The molecule has 1 N–H and O–H groups in total. The molecule has 0 saturated heterocycles. The Balaban J connectivity index is 2.61. The summed E-state index contributed by atoms with van der Waals surface area (Å²) in [6.07, 6.45) is 2.08. The van der Waals surface area contributed by atoms with Crippen LogP contribution in [0.4, 0.5) is 0 Å². The van der Waals surface area contributed by atoms with Crippen LogP contribution in [0.25, 0.3) is 0 Å². The van der Waals surface area contributed by atoms with E-state index in [0.29, 0.717) is 5.92 Å². The van der Waals surface area contributed by atoms with Gasteiger partial charge in [0, 0.05) is 22.9 Å². The fraction of sp³-hybridized carbons (Fsp3) is 0.571. The standard InChI is InChI=1S/C14H22ClNOS/c1-11(2)9-16-10-12-13(15)5-4-6-14(12)17-7-8-18-3/h4-6,11,16H,7-10H2,1-3H3. The summed E-state index contributed by atoms with van der Waals surface area (Å²) in [5.74, 6) is 2.52. The van der Waals surface area contributed by atoms with Crippen LogP contribution in [-0.4, -0.2) is 25.2 Å². The number of rotatable bonds is 8. The number of thioether (sulfide) groups is 1. The molecular weight excluding hydrogens is 266 g/mol. The molecule has 0 radical (unpaired) electrons. The van der Waals surface area contributed by atoms with E-state index in [4.69, 9.17) is 16.3 Å². The van der Waals surface area contributed by atoms with Gasteiger partial charge in [0.15, 0.2) is 0 Å². The Morgan fingerprint density at radius 2 is 2.17 bits per heavy atom. The first-order chi connectivity index (χ1) is 8.65. The highest BCUT2D eigenvalue weighted by Crippen LogP contribution is 2.26. The molecule has 0 aromatic heterocycles. The lowest BCUT2D eigenvalue weighted by Gasteiger charge is -2.14. The summed E-state index contributed by atoms with van der Waals surface area (Å²) in [4.78, 5) is 0. The second-order valence-corrected chi connectivity index (χ2v) is 5.98. The van der Waals surface area contributed by atoms with Crippen molar-refractivity contribution in [2.45, 2.75) is 20.4 Å². The van der Waals surface area contributed by atoms with Gasteiger partial charge < -0.3 is 10.1 Å². The maximum absolute atomic E-state index is 6.23. The van der Waals surface area contributed by atoms with E-state index >= 15 is 0 Å². The molecule has 0 aliphatic heterocycles. The van der Waals surface area contributed by atoms with Gasteiger partial charge in [0.2, 0.25) is 0 Å². The van der Waals surface area contributed by atoms with E-state index in [1.165, 1.54) is 0 Å². The van der Waals surface area contributed by atoms with Crippen LogP contribution >= 0.6 is 23.4 Å². The van der Waals surface area contributed by atoms with Gasteiger partial charge in [0.05, 0.1) is 6.61 Å². The van der Waals surface area contributed by atoms with Crippen LogP contribution in [0.2, 0.25) is 5.02 Å². The third-order valence-electron chi connectivity index (χ3n) is 2.48. The molecule has 0 aliphatic carbocycles. The van der Waals surface area contributed by atoms with Gasteiger partial charge in [-0.2, -0.15) is 11.8 Å². The van der Waals surface area contributed by atoms with Crippen LogP contribution in [0.5, 0.6) is 5.75 Å². The molecule has 1 aromatic rings. The number of hydrogen-bond acceptors (Lipinski definition) is 3. The first kappa shape index (κ1) is 15.7. The minimum absolute atomic E-state index is 0.633. The average molecular weight is 288 g/mol. The van der Waals surface area contributed by atoms with E-state index in [1.54, 1.807) is 11.8 Å². The van der Waals surface area contributed by atoms with E-state index < -0.39 is 0 Å². The summed E-state index contributed by atoms with van der Waals surface area (Å²) in [6, 6.07) is 5.83. The first-order valence-corrected chi connectivity index (χ1v) is 8.02. The van der Waals surface area contributed by atoms with Gasteiger partial charge in [-0.15, -0.1) is 0 Å². The zero-order valence-electron chi connectivity index (χ0n) is 11.3. The topological polar surface area (TPSA) is 21.3 Å². The Labute approximate surface area is 119 Å². The summed E-state index contributed by atoms with van der Waals surface area (Å²) in [6.45, 7) is 6.84. The van der Waals surface area contributed by atoms with Gasteiger partial charge in [-0.05, 0) is 30.9 Å². The Morgan fingerprint density at radius 1 is 1.39 bits per heavy atom. The molecule has 0 fully saturated rings. The van der Waals surface area contributed by atoms with Crippen molar-refractivity contribution < 1.29 is 4.74 Å². The fourth-order valence-electron chi connectivity index (χ4n) is 1.57. The molecule has 0 atom stereocenters. The highest BCUT2D eigenvalue weighted by atomic mass is 35.5. The molecule has 1 rings (SSSR count). The summed E-state index contributed by atoms with van der Waals surface area (Å²) in [5, 5.41) is 4.17. The van der Waals surface area contributed by atoms with Crippen molar-refractivity contribution in [3.05, 3.63) is 28.8 Å².